The maximum absolute atomic E-state index is 12.5. The number of benzene rings is 1. The summed E-state index contributed by atoms with van der Waals surface area (Å²) in [6, 6.07) is 9.20. The van der Waals surface area contributed by atoms with Crippen LogP contribution in [0.15, 0.2) is 48.9 Å². The zero-order valence-electron chi connectivity index (χ0n) is 11.3. The number of pyridine rings is 2. The molecule has 2 heterocycles. The van der Waals surface area contributed by atoms with Gasteiger partial charge in [-0.3, -0.25) is 9.78 Å². The minimum Gasteiger partial charge on any atom is -0.322 e. The Morgan fingerprint density at radius 1 is 1.14 bits per heavy atom. The molecular formula is C16H12ClN3O. The van der Waals surface area contributed by atoms with Crippen molar-refractivity contribution in [3.05, 3.63) is 65.2 Å². The maximum atomic E-state index is 12.5. The summed E-state index contributed by atoms with van der Waals surface area (Å²) in [6.07, 6.45) is 4.84. The fraction of sp³-hybridized carbons (Fsp3) is 0.0625. The number of amides is 1. The highest BCUT2D eigenvalue weighted by Gasteiger charge is 2.13. The number of anilines is 1. The van der Waals surface area contributed by atoms with Crippen LogP contribution in [0.2, 0.25) is 5.15 Å². The van der Waals surface area contributed by atoms with Crippen LogP contribution in [0.1, 0.15) is 15.9 Å². The number of carbonyl (C=O) groups is 1. The lowest BCUT2D eigenvalue weighted by Gasteiger charge is -2.10. The zero-order valence-corrected chi connectivity index (χ0v) is 12.1. The molecule has 5 heteroatoms. The van der Waals surface area contributed by atoms with E-state index in [1.165, 1.54) is 6.20 Å². The Morgan fingerprint density at radius 2 is 1.90 bits per heavy atom. The number of carbonyl (C=O) groups excluding carboxylic acids is 1. The number of aromatic nitrogens is 2. The van der Waals surface area contributed by atoms with E-state index in [1.807, 2.05) is 31.2 Å². The quantitative estimate of drug-likeness (QED) is 0.731. The molecule has 0 saturated heterocycles. The Balaban J connectivity index is 2.03. The molecule has 0 spiro atoms. The standard InChI is InChI=1S/C16H12ClN3O/c1-10-8-18-7-6-14(10)20-16(21)13-9-19-15(17)12-5-3-2-4-11(12)13/h2-9H,1H3,(H,18,20,21). The van der Waals surface area contributed by atoms with Gasteiger partial charge in [0.15, 0.2) is 0 Å². The number of halogens is 1. The lowest BCUT2D eigenvalue weighted by atomic mass is 10.1. The smallest absolute Gasteiger partial charge is 0.257 e. The number of aryl methyl sites for hydroxylation is 1. The van der Waals surface area contributed by atoms with Crippen LogP contribution in [0.4, 0.5) is 5.69 Å². The van der Waals surface area contributed by atoms with E-state index in [-0.39, 0.29) is 5.91 Å². The molecule has 0 fully saturated rings. The Bertz CT molecular complexity index is 833. The second-order valence-electron chi connectivity index (χ2n) is 4.65. The van der Waals surface area contributed by atoms with E-state index in [2.05, 4.69) is 15.3 Å². The first-order chi connectivity index (χ1) is 10.2. The number of hydrogen-bond acceptors (Lipinski definition) is 3. The summed E-state index contributed by atoms with van der Waals surface area (Å²) >= 11 is 6.07. The Labute approximate surface area is 126 Å². The molecule has 2 aromatic heterocycles. The van der Waals surface area contributed by atoms with Gasteiger partial charge in [0.05, 0.1) is 5.56 Å². The van der Waals surface area contributed by atoms with Crippen molar-refractivity contribution in [2.45, 2.75) is 6.92 Å². The topological polar surface area (TPSA) is 54.9 Å². The van der Waals surface area contributed by atoms with E-state index in [9.17, 15) is 4.79 Å². The zero-order chi connectivity index (χ0) is 14.8. The van der Waals surface area contributed by atoms with E-state index < -0.39 is 0 Å². The lowest BCUT2D eigenvalue weighted by molar-refractivity contribution is 0.102. The highest BCUT2D eigenvalue weighted by atomic mass is 35.5. The van der Waals surface area contributed by atoms with Crippen molar-refractivity contribution in [1.82, 2.24) is 9.97 Å². The summed E-state index contributed by atoms with van der Waals surface area (Å²) in [5.74, 6) is -0.218. The van der Waals surface area contributed by atoms with Gasteiger partial charge in [-0.1, -0.05) is 35.9 Å². The lowest BCUT2D eigenvalue weighted by Crippen LogP contribution is -2.13. The van der Waals surface area contributed by atoms with Crippen LogP contribution in [0, 0.1) is 6.92 Å². The monoisotopic (exact) mass is 297 g/mol. The first-order valence-corrected chi connectivity index (χ1v) is 6.80. The van der Waals surface area contributed by atoms with Gasteiger partial charge in [-0.15, -0.1) is 0 Å². The first-order valence-electron chi connectivity index (χ1n) is 6.42. The average Bonchev–Trinajstić information content (AvgIpc) is 2.50. The van der Waals surface area contributed by atoms with Gasteiger partial charge in [0.25, 0.3) is 5.91 Å². The van der Waals surface area contributed by atoms with Crippen LogP contribution >= 0.6 is 11.6 Å². The fourth-order valence-corrected chi connectivity index (χ4v) is 2.36. The van der Waals surface area contributed by atoms with E-state index in [0.717, 1.165) is 22.0 Å². The summed E-state index contributed by atoms with van der Waals surface area (Å²) in [5, 5.41) is 4.81. The number of nitrogens with zero attached hydrogens (tertiary/aromatic N) is 2. The maximum Gasteiger partial charge on any atom is 0.257 e. The number of hydrogen-bond donors (Lipinski definition) is 1. The van der Waals surface area contributed by atoms with E-state index in [1.54, 1.807) is 18.5 Å². The Kier molecular flexibility index (Phi) is 3.54. The minimum atomic E-state index is -0.218. The largest absolute Gasteiger partial charge is 0.322 e. The molecule has 1 N–H and O–H groups in total. The third kappa shape index (κ3) is 2.58. The summed E-state index contributed by atoms with van der Waals surface area (Å²) < 4.78 is 0. The van der Waals surface area contributed by atoms with Crippen LogP contribution in [0.25, 0.3) is 10.8 Å². The van der Waals surface area contributed by atoms with Crippen LogP contribution < -0.4 is 5.32 Å². The molecule has 0 aliphatic heterocycles. The second kappa shape index (κ2) is 5.50. The van der Waals surface area contributed by atoms with E-state index in [0.29, 0.717) is 10.7 Å². The van der Waals surface area contributed by atoms with Gasteiger partial charge in [-0.2, -0.15) is 0 Å². The predicted molar refractivity (Wildman–Crippen MR) is 83.7 cm³/mol. The normalized spacial score (nSPS) is 10.6. The van der Waals surface area contributed by atoms with Crippen LogP contribution in [-0.2, 0) is 0 Å². The Morgan fingerprint density at radius 3 is 2.67 bits per heavy atom. The summed E-state index contributed by atoms with van der Waals surface area (Å²) in [5.41, 5.74) is 2.12. The summed E-state index contributed by atoms with van der Waals surface area (Å²) in [7, 11) is 0. The van der Waals surface area contributed by atoms with Gasteiger partial charge in [0.2, 0.25) is 0 Å². The van der Waals surface area contributed by atoms with Crippen molar-refractivity contribution in [3.8, 4) is 0 Å². The van der Waals surface area contributed by atoms with Crippen LogP contribution in [0.5, 0.6) is 0 Å². The van der Waals surface area contributed by atoms with Crippen molar-refractivity contribution < 1.29 is 4.79 Å². The van der Waals surface area contributed by atoms with Gasteiger partial charge < -0.3 is 5.32 Å². The molecule has 3 rings (SSSR count). The molecule has 0 aliphatic carbocycles. The molecule has 104 valence electrons. The SMILES string of the molecule is Cc1cnccc1NC(=O)c1cnc(Cl)c2ccccc12. The third-order valence-electron chi connectivity index (χ3n) is 3.26. The molecule has 21 heavy (non-hydrogen) atoms. The second-order valence-corrected chi connectivity index (χ2v) is 5.01. The van der Waals surface area contributed by atoms with Gasteiger partial charge >= 0.3 is 0 Å². The van der Waals surface area contributed by atoms with Crippen molar-refractivity contribution in [1.29, 1.82) is 0 Å². The molecule has 0 radical (unpaired) electrons. The van der Waals surface area contributed by atoms with Gasteiger partial charge in [-0.05, 0) is 23.9 Å². The van der Waals surface area contributed by atoms with Crippen molar-refractivity contribution in [2.75, 3.05) is 5.32 Å². The van der Waals surface area contributed by atoms with Gasteiger partial charge in [-0.25, -0.2) is 4.98 Å². The molecule has 3 aromatic rings. The molecule has 0 unspecified atom stereocenters. The predicted octanol–water partition coefficient (Wildman–Crippen LogP) is 3.84. The molecule has 0 atom stereocenters. The Hall–Kier alpha value is -2.46. The highest BCUT2D eigenvalue weighted by Crippen LogP contribution is 2.25. The van der Waals surface area contributed by atoms with Crippen LogP contribution in [-0.4, -0.2) is 15.9 Å². The first kappa shape index (κ1) is 13.5. The summed E-state index contributed by atoms with van der Waals surface area (Å²) in [6.45, 7) is 1.89. The fourth-order valence-electron chi connectivity index (χ4n) is 2.14. The highest BCUT2D eigenvalue weighted by molar-refractivity contribution is 6.35. The molecule has 0 aliphatic rings. The van der Waals surface area contributed by atoms with Crippen molar-refractivity contribution in [2.24, 2.45) is 0 Å². The van der Waals surface area contributed by atoms with Crippen molar-refractivity contribution >= 4 is 34.0 Å². The molecule has 0 bridgehead atoms. The summed E-state index contributed by atoms with van der Waals surface area (Å²) in [4.78, 5) is 20.6. The third-order valence-corrected chi connectivity index (χ3v) is 3.56. The molecule has 4 nitrogen and oxygen atoms in total. The number of rotatable bonds is 2. The number of fused-ring (bicyclic) bond motifs is 1. The number of nitrogens with one attached hydrogen (secondary N) is 1. The molecule has 1 aromatic carbocycles. The van der Waals surface area contributed by atoms with E-state index >= 15 is 0 Å². The minimum absolute atomic E-state index is 0.218. The van der Waals surface area contributed by atoms with Crippen molar-refractivity contribution in [3.63, 3.8) is 0 Å². The molecular weight excluding hydrogens is 286 g/mol. The average molecular weight is 298 g/mol. The van der Waals surface area contributed by atoms with Gasteiger partial charge in [0, 0.05) is 29.7 Å². The van der Waals surface area contributed by atoms with Crippen LogP contribution in [0.3, 0.4) is 0 Å². The molecule has 1 amide bonds. The molecule has 0 saturated carbocycles. The van der Waals surface area contributed by atoms with E-state index in [4.69, 9.17) is 11.6 Å². The van der Waals surface area contributed by atoms with Gasteiger partial charge in [0.1, 0.15) is 5.15 Å².